The molecule has 3 aliphatic rings. The van der Waals surface area contributed by atoms with Gasteiger partial charge >= 0.3 is 5.97 Å². The quantitative estimate of drug-likeness (QED) is 0.805. The number of nitriles is 2. The zero-order valence-corrected chi connectivity index (χ0v) is 15.5. The van der Waals surface area contributed by atoms with Gasteiger partial charge in [-0.05, 0) is 25.7 Å². The Hall–Kier alpha value is -1.63. The zero-order valence-electron chi connectivity index (χ0n) is 15.5. The number of rotatable bonds is 4. The summed E-state index contributed by atoms with van der Waals surface area (Å²) in [5.41, 5.74) is -0.711. The molecule has 1 heterocycles. The zero-order chi connectivity index (χ0) is 18.9. The molecule has 1 aliphatic heterocycles. The second-order valence-electron chi connectivity index (χ2n) is 7.85. The topological polar surface area (TPSA) is 103 Å². The largest absolute Gasteiger partial charge is 0.481 e. The fourth-order valence-corrected chi connectivity index (χ4v) is 4.28. The van der Waals surface area contributed by atoms with Crippen LogP contribution < -0.4 is 0 Å². The molecule has 0 bridgehead atoms. The van der Waals surface area contributed by atoms with E-state index in [-0.39, 0.29) is 18.1 Å². The van der Waals surface area contributed by atoms with Crippen LogP contribution in [0.25, 0.3) is 0 Å². The first-order valence-electron chi connectivity index (χ1n) is 9.81. The molecule has 3 fully saturated rings. The van der Waals surface area contributed by atoms with Crippen LogP contribution in [0.4, 0.5) is 0 Å². The highest BCUT2D eigenvalue weighted by Crippen LogP contribution is 2.41. The van der Waals surface area contributed by atoms with Crippen LogP contribution in [0.15, 0.2) is 0 Å². The van der Waals surface area contributed by atoms with Crippen molar-refractivity contribution in [1.82, 2.24) is 0 Å². The highest BCUT2D eigenvalue weighted by molar-refractivity contribution is 5.68. The number of ether oxygens (including phenoxy) is 2. The van der Waals surface area contributed by atoms with Gasteiger partial charge in [0.05, 0.1) is 42.6 Å². The third-order valence-electron chi connectivity index (χ3n) is 5.83. The maximum absolute atomic E-state index is 10.5. The number of hydrogen-bond donors (Lipinski definition) is 1. The second-order valence-corrected chi connectivity index (χ2v) is 7.85. The van der Waals surface area contributed by atoms with Crippen LogP contribution in [0, 0.1) is 33.5 Å². The molecule has 2 aliphatic carbocycles. The van der Waals surface area contributed by atoms with E-state index in [1.54, 1.807) is 0 Å². The van der Waals surface area contributed by atoms with E-state index in [9.17, 15) is 10.1 Å². The summed E-state index contributed by atoms with van der Waals surface area (Å²) in [5.74, 6) is -0.849. The Labute approximate surface area is 156 Å². The van der Waals surface area contributed by atoms with E-state index in [0.717, 1.165) is 51.4 Å². The number of nitrogens with zero attached hydrogens (tertiary/aromatic N) is 2. The standard InChI is InChI=1S/C11H17NO2.C9H13NO2/c12-9-11(4-2-1-3-5-11)8-10-13-6-7-14-10;10-7-9(6-8(11)12)4-2-1-3-5-9/h10H,1-8H2;1-6H2,(H,11,12). The van der Waals surface area contributed by atoms with E-state index >= 15 is 0 Å². The molecule has 3 rings (SSSR count). The predicted molar refractivity (Wildman–Crippen MR) is 94.8 cm³/mol. The molecule has 0 radical (unpaired) electrons. The second kappa shape index (κ2) is 9.90. The van der Waals surface area contributed by atoms with Crippen LogP contribution in [0.2, 0.25) is 0 Å². The Morgan fingerprint density at radius 2 is 1.35 bits per heavy atom. The van der Waals surface area contributed by atoms with E-state index < -0.39 is 11.4 Å². The summed E-state index contributed by atoms with van der Waals surface area (Å²) in [6, 6.07) is 4.65. The Kier molecular flexibility index (Phi) is 7.87. The highest BCUT2D eigenvalue weighted by Gasteiger charge is 2.36. The molecule has 0 unspecified atom stereocenters. The van der Waals surface area contributed by atoms with Crippen molar-refractivity contribution in [2.24, 2.45) is 10.8 Å². The Morgan fingerprint density at radius 3 is 1.77 bits per heavy atom. The maximum Gasteiger partial charge on any atom is 0.304 e. The first-order chi connectivity index (χ1) is 12.5. The van der Waals surface area contributed by atoms with Crippen LogP contribution in [0.3, 0.4) is 0 Å². The number of hydrogen-bond acceptors (Lipinski definition) is 5. The lowest BCUT2D eigenvalue weighted by Crippen LogP contribution is -2.28. The molecular weight excluding hydrogens is 332 g/mol. The molecule has 0 aromatic carbocycles. The molecule has 0 amide bonds. The SMILES string of the molecule is N#CC1(CC(=O)O)CCCCC1.N#CC1(CC2OCCO2)CCCCC1. The fourth-order valence-electron chi connectivity index (χ4n) is 4.28. The Morgan fingerprint density at radius 1 is 0.885 bits per heavy atom. The molecule has 1 N–H and O–H groups in total. The molecule has 0 aromatic rings. The van der Waals surface area contributed by atoms with Gasteiger partial charge in [-0.2, -0.15) is 10.5 Å². The molecular formula is C20H30N2O4. The van der Waals surface area contributed by atoms with E-state index in [0.29, 0.717) is 13.2 Å². The molecule has 0 aromatic heterocycles. The molecule has 0 atom stereocenters. The normalized spacial score (nSPS) is 24.5. The van der Waals surface area contributed by atoms with Crippen molar-refractivity contribution in [1.29, 1.82) is 10.5 Å². The Bertz CT molecular complexity index is 531. The minimum absolute atomic E-state index is 0.0174. The summed E-state index contributed by atoms with van der Waals surface area (Å²) >= 11 is 0. The summed E-state index contributed by atoms with van der Waals surface area (Å²) in [5, 5.41) is 26.7. The van der Waals surface area contributed by atoms with Crippen molar-refractivity contribution >= 4 is 5.97 Å². The first kappa shape index (κ1) is 20.7. The predicted octanol–water partition coefficient (Wildman–Crippen LogP) is 4.16. The molecule has 0 spiro atoms. The summed E-state index contributed by atoms with van der Waals surface area (Å²) in [6.07, 6.45) is 11.0. The van der Waals surface area contributed by atoms with Gasteiger partial charge in [-0.3, -0.25) is 4.79 Å². The lowest BCUT2D eigenvalue weighted by atomic mass is 9.73. The smallest absolute Gasteiger partial charge is 0.304 e. The van der Waals surface area contributed by atoms with Gasteiger partial charge in [-0.1, -0.05) is 38.5 Å². The lowest BCUT2D eigenvalue weighted by Gasteiger charge is -2.31. The molecule has 6 nitrogen and oxygen atoms in total. The van der Waals surface area contributed by atoms with Gasteiger partial charge in [0.1, 0.15) is 0 Å². The van der Waals surface area contributed by atoms with Gasteiger partial charge in [-0.15, -0.1) is 0 Å². The molecule has 1 saturated heterocycles. The monoisotopic (exact) mass is 362 g/mol. The minimum atomic E-state index is -0.849. The minimum Gasteiger partial charge on any atom is -0.481 e. The van der Waals surface area contributed by atoms with Crippen molar-refractivity contribution < 1.29 is 19.4 Å². The first-order valence-corrected chi connectivity index (χ1v) is 9.81. The van der Waals surface area contributed by atoms with Gasteiger partial charge < -0.3 is 14.6 Å². The van der Waals surface area contributed by atoms with Crippen LogP contribution in [0.5, 0.6) is 0 Å². The van der Waals surface area contributed by atoms with Gasteiger partial charge in [0.15, 0.2) is 6.29 Å². The summed E-state index contributed by atoms with van der Waals surface area (Å²) in [4.78, 5) is 10.5. The average molecular weight is 362 g/mol. The van der Waals surface area contributed by atoms with Crippen LogP contribution in [0.1, 0.15) is 77.0 Å². The lowest BCUT2D eigenvalue weighted by molar-refractivity contribution is -0.139. The average Bonchev–Trinajstić information content (AvgIpc) is 3.16. The van der Waals surface area contributed by atoms with Gasteiger partial charge in [0, 0.05) is 6.42 Å². The van der Waals surface area contributed by atoms with Crippen molar-refractivity contribution in [3.05, 3.63) is 0 Å². The van der Waals surface area contributed by atoms with Gasteiger partial charge in [-0.25, -0.2) is 0 Å². The maximum atomic E-state index is 10.5. The van der Waals surface area contributed by atoms with Crippen LogP contribution in [-0.4, -0.2) is 30.6 Å². The Balaban J connectivity index is 0.000000190. The third-order valence-corrected chi connectivity index (χ3v) is 5.83. The summed E-state index contributed by atoms with van der Waals surface area (Å²) in [6.45, 7) is 1.37. The number of carboxylic acid groups (broad SMARTS) is 1. The van der Waals surface area contributed by atoms with Crippen molar-refractivity contribution in [3.8, 4) is 12.1 Å². The summed E-state index contributed by atoms with van der Waals surface area (Å²) in [7, 11) is 0. The van der Waals surface area contributed by atoms with Crippen molar-refractivity contribution in [3.63, 3.8) is 0 Å². The van der Waals surface area contributed by atoms with Gasteiger partial charge in [0.2, 0.25) is 0 Å². The van der Waals surface area contributed by atoms with E-state index in [1.807, 2.05) is 0 Å². The number of aliphatic carboxylic acids is 1. The molecule has 144 valence electrons. The van der Waals surface area contributed by atoms with E-state index in [4.69, 9.17) is 19.8 Å². The highest BCUT2D eigenvalue weighted by atomic mass is 16.7. The molecule has 6 heteroatoms. The van der Waals surface area contributed by atoms with E-state index in [2.05, 4.69) is 12.1 Å². The van der Waals surface area contributed by atoms with Gasteiger partial charge in [0.25, 0.3) is 0 Å². The number of carbonyl (C=O) groups is 1. The van der Waals surface area contributed by atoms with Crippen LogP contribution >= 0.6 is 0 Å². The molecule has 26 heavy (non-hydrogen) atoms. The fraction of sp³-hybridized carbons (Fsp3) is 0.850. The van der Waals surface area contributed by atoms with Crippen molar-refractivity contribution in [2.45, 2.75) is 83.3 Å². The number of carboxylic acids is 1. The van der Waals surface area contributed by atoms with Crippen molar-refractivity contribution in [2.75, 3.05) is 13.2 Å². The summed E-state index contributed by atoms with van der Waals surface area (Å²) < 4.78 is 10.8. The third kappa shape index (κ3) is 5.97. The van der Waals surface area contributed by atoms with Crippen LogP contribution in [-0.2, 0) is 14.3 Å². The van der Waals surface area contributed by atoms with E-state index in [1.165, 1.54) is 19.3 Å². The molecule has 2 saturated carbocycles.